The van der Waals surface area contributed by atoms with E-state index < -0.39 is 6.04 Å². The van der Waals surface area contributed by atoms with Gasteiger partial charge < -0.3 is 4.74 Å². The molecular formula is C13H17N3O2S. The maximum atomic E-state index is 12.0. The molecule has 2 rings (SSSR count). The number of carbonyl (C=O) groups excluding carboxylic acids is 1. The number of aryl methyl sites for hydroxylation is 1. The van der Waals surface area contributed by atoms with Crippen molar-refractivity contribution >= 4 is 17.3 Å². The van der Waals surface area contributed by atoms with E-state index in [1.54, 1.807) is 29.1 Å². The number of hydrogen-bond acceptors (Lipinski definition) is 5. The summed E-state index contributed by atoms with van der Waals surface area (Å²) in [4.78, 5) is 13.2. The van der Waals surface area contributed by atoms with Crippen molar-refractivity contribution in [2.24, 2.45) is 7.05 Å². The fourth-order valence-corrected chi connectivity index (χ4v) is 2.42. The first-order valence-electron chi connectivity index (χ1n) is 6.11. The monoisotopic (exact) mass is 279 g/mol. The van der Waals surface area contributed by atoms with Crippen LogP contribution in [0.2, 0.25) is 0 Å². The molecule has 2 aromatic heterocycles. The molecule has 6 heteroatoms. The Bertz CT molecular complexity index is 522. The van der Waals surface area contributed by atoms with Crippen LogP contribution in [0.3, 0.4) is 0 Å². The van der Waals surface area contributed by atoms with Gasteiger partial charge in [0.2, 0.25) is 0 Å². The van der Waals surface area contributed by atoms with Gasteiger partial charge in [0, 0.05) is 30.2 Å². The van der Waals surface area contributed by atoms with Crippen molar-refractivity contribution in [2.75, 3.05) is 6.61 Å². The lowest BCUT2D eigenvalue weighted by Gasteiger charge is -2.15. The van der Waals surface area contributed by atoms with Crippen LogP contribution in [0.1, 0.15) is 23.4 Å². The van der Waals surface area contributed by atoms with Gasteiger partial charge in [0.05, 0.1) is 12.8 Å². The SMILES string of the molecule is CCOC(=O)C(NCc1cccs1)c1cnn(C)c1. The molecule has 0 aliphatic heterocycles. The van der Waals surface area contributed by atoms with Crippen molar-refractivity contribution in [2.45, 2.75) is 19.5 Å². The standard InChI is InChI=1S/C13H17N3O2S/c1-3-18-13(17)12(10-7-15-16(2)9-10)14-8-11-5-4-6-19-11/h4-7,9,12,14H,3,8H2,1-2H3. The summed E-state index contributed by atoms with van der Waals surface area (Å²) in [7, 11) is 1.82. The number of hydrogen-bond donors (Lipinski definition) is 1. The third kappa shape index (κ3) is 3.65. The van der Waals surface area contributed by atoms with Crippen LogP contribution in [-0.4, -0.2) is 22.4 Å². The zero-order chi connectivity index (χ0) is 13.7. The number of nitrogens with one attached hydrogen (secondary N) is 1. The lowest BCUT2D eigenvalue weighted by Crippen LogP contribution is -2.29. The molecule has 0 fully saturated rings. The normalized spacial score (nSPS) is 12.3. The zero-order valence-electron chi connectivity index (χ0n) is 11.0. The lowest BCUT2D eigenvalue weighted by atomic mass is 10.1. The number of carbonyl (C=O) groups is 1. The van der Waals surface area contributed by atoms with Crippen LogP contribution in [0, 0.1) is 0 Å². The van der Waals surface area contributed by atoms with Gasteiger partial charge in [-0.1, -0.05) is 6.07 Å². The van der Waals surface area contributed by atoms with E-state index in [1.807, 2.05) is 30.8 Å². The Hall–Kier alpha value is -1.66. The Morgan fingerprint density at radius 1 is 1.63 bits per heavy atom. The van der Waals surface area contributed by atoms with Crippen molar-refractivity contribution in [1.82, 2.24) is 15.1 Å². The van der Waals surface area contributed by atoms with Crippen molar-refractivity contribution in [3.63, 3.8) is 0 Å². The minimum atomic E-state index is -0.476. The second kappa shape index (κ2) is 6.49. The average molecular weight is 279 g/mol. The third-order valence-electron chi connectivity index (χ3n) is 2.64. The Kier molecular flexibility index (Phi) is 4.70. The number of nitrogens with zero attached hydrogens (tertiary/aromatic N) is 2. The molecule has 1 atom stereocenters. The number of esters is 1. The van der Waals surface area contributed by atoms with Crippen LogP contribution < -0.4 is 5.32 Å². The molecule has 0 saturated heterocycles. The van der Waals surface area contributed by atoms with Crippen LogP contribution in [0.15, 0.2) is 29.9 Å². The van der Waals surface area contributed by atoms with Crippen molar-refractivity contribution < 1.29 is 9.53 Å². The van der Waals surface area contributed by atoms with Crippen LogP contribution in [0.5, 0.6) is 0 Å². The third-order valence-corrected chi connectivity index (χ3v) is 3.52. The first-order chi connectivity index (χ1) is 9.20. The predicted octanol–water partition coefficient (Wildman–Crippen LogP) is 1.88. The highest BCUT2D eigenvalue weighted by Crippen LogP contribution is 2.16. The predicted molar refractivity (Wildman–Crippen MR) is 73.7 cm³/mol. The van der Waals surface area contributed by atoms with E-state index in [-0.39, 0.29) is 5.97 Å². The molecule has 0 aromatic carbocycles. The molecule has 19 heavy (non-hydrogen) atoms. The second-order valence-electron chi connectivity index (χ2n) is 4.09. The molecule has 0 amide bonds. The van der Waals surface area contributed by atoms with E-state index in [9.17, 15) is 4.79 Å². The van der Waals surface area contributed by atoms with Crippen molar-refractivity contribution in [3.05, 3.63) is 40.3 Å². The quantitative estimate of drug-likeness (QED) is 0.820. The molecule has 0 radical (unpaired) electrons. The molecule has 5 nitrogen and oxygen atoms in total. The summed E-state index contributed by atoms with van der Waals surface area (Å²) >= 11 is 1.65. The Labute approximate surface area is 116 Å². The van der Waals surface area contributed by atoms with E-state index in [0.29, 0.717) is 13.2 Å². The van der Waals surface area contributed by atoms with E-state index in [4.69, 9.17) is 4.74 Å². The number of rotatable bonds is 6. The summed E-state index contributed by atoms with van der Waals surface area (Å²) in [6.45, 7) is 2.81. The summed E-state index contributed by atoms with van der Waals surface area (Å²) in [6, 6.07) is 3.55. The molecule has 2 heterocycles. The highest BCUT2D eigenvalue weighted by atomic mass is 32.1. The smallest absolute Gasteiger partial charge is 0.327 e. The van der Waals surface area contributed by atoms with E-state index in [0.717, 1.165) is 5.56 Å². The minimum Gasteiger partial charge on any atom is -0.465 e. The molecule has 0 saturated carbocycles. The molecule has 0 aliphatic rings. The Balaban J connectivity index is 2.07. The van der Waals surface area contributed by atoms with E-state index >= 15 is 0 Å². The Morgan fingerprint density at radius 3 is 3.05 bits per heavy atom. The van der Waals surface area contributed by atoms with Crippen LogP contribution >= 0.6 is 11.3 Å². The highest BCUT2D eigenvalue weighted by molar-refractivity contribution is 7.09. The topological polar surface area (TPSA) is 56.1 Å². The minimum absolute atomic E-state index is 0.271. The molecule has 0 bridgehead atoms. The average Bonchev–Trinajstić information content (AvgIpc) is 3.02. The molecule has 2 aromatic rings. The van der Waals surface area contributed by atoms with Gasteiger partial charge in [-0.25, -0.2) is 4.79 Å². The molecule has 1 N–H and O–H groups in total. The zero-order valence-corrected chi connectivity index (χ0v) is 11.8. The van der Waals surface area contributed by atoms with Gasteiger partial charge in [0.15, 0.2) is 0 Å². The Morgan fingerprint density at radius 2 is 2.47 bits per heavy atom. The number of aromatic nitrogens is 2. The highest BCUT2D eigenvalue weighted by Gasteiger charge is 2.22. The molecule has 1 unspecified atom stereocenters. The molecular weight excluding hydrogens is 262 g/mol. The number of thiophene rings is 1. The van der Waals surface area contributed by atoms with Gasteiger partial charge in [-0.15, -0.1) is 11.3 Å². The van der Waals surface area contributed by atoms with Crippen LogP contribution in [-0.2, 0) is 23.1 Å². The van der Waals surface area contributed by atoms with Gasteiger partial charge in [0.25, 0.3) is 0 Å². The number of ether oxygens (including phenoxy) is 1. The van der Waals surface area contributed by atoms with Gasteiger partial charge in [-0.2, -0.15) is 5.10 Å². The van der Waals surface area contributed by atoms with E-state index in [1.165, 1.54) is 4.88 Å². The summed E-state index contributed by atoms with van der Waals surface area (Å²) < 4.78 is 6.78. The fraction of sp³-hybridized carbons (Fsp3) is 0.385. The molecule has 0 aliphatic carbocycles. The maximum absolute atomic E-state index is 12.0. The van der Waals surface area contributed by atoms with Crippen LogP contribution in [0.4, 0.5) is 0 Å². The van der Waals surface area contributed by atoms with Gasteiger partial charge in [-0.05, 0) is 18.4 Å². The lowest BCUT2D eigenvalue weighted by molar-refractivity contribution is -0.145. The van der Waals surface area contributed by atoms with Crippen molar-refractivity contribution in [3.8, 4) is 0 Å². The fourth-order valence-electron chi connectivity index (χ4n) is 1.77. The molecule has 102 valence electrons. The second-order valence-corrected chi connectivity index (χ2v) is 5.12. The van der Waals surface area contributed by atoms with Gasteiger partial charge in [-0.3, -0.25) is 10.00 Å². The van der Waals surface area contributed by atoms with Crippen LogP contribution in [0.25, 0.3) is 0 Å². The summed E-state index contributed by atoms with van der Waals surface area (Å²) in [5.41, 5.74) is 0.817. The first kappa shape index (κ1) is 13.8. The first-order valence-corrected chi connectivity index (χ1v) is 6.99. The molecule has 0 spiro atoms. The largest absolute Gasteiger partial charge is 0.465 e. The van der Waals surface area contributed by atoms with E-state index in [2.05, 4.69) is 10.4 Å². The summed E-state index contributed by atoms with van der Waals surface area (Å²) in [5.74, 6) is -0.271. The van der Waals surface area contributed by atoms with Crippen molar-refractivity contribution in [1.29, 1.82) is 0 Å². The van der Waals surface area contributed by atoms with Gasteiger partial charge in [0.1, 0.15) is 6.04 Å². The summed E-state index contributed by atoms with van der Waals surface area (Å²) in [5, 5.41) is 9.33. The van der Waals surface area contributed by atoms with Gasteiger partial charge >= 0.3 is 5.97 Å². The summed E-state index contributed by atoms with van der Waals surface area (Å²) in [6.07, 6.45) is 3.51. The maximum Gasteiger partial charge on any atom is 0.327 e.